The van der Waals surface area contributed by atoms with Crippen molar-refractivity contribution < 1.29 is 4.79 Å². The fraction of sp³-hybridized carbons (Fsp3) is 0.500. The van der Waals surface area contributed by atoms with Crippen molar-refractivity contribution in [1.29, 1.82) is 0 Å². The van der Waals surface area contributed by atoms with Crippen molar-refractivity contribution in [2.45, 2.75) is 33.2 Å². The van der Waals surface area contributed by atoms with Gasteiger partial charge in [0.05, 0.1) is 11.3 Å². The molecule has 2 rings (SSSR count). The number of fused-ring (bicyclic) bond motifs is 1. The minimum atomic E-state index is 0.217. The number of anilines is 1. The van der Waals surface area contributed by atoms with E-state index in [1.54, 1.807) is 6.20 Å². The van der Waals surface area contributed by atoms with E-state index < -0.39 is 0 Å². The molecule has 3 heteroatoms. The van der Waals surface area contributed by atoms with Crippen LogP contribution in [-0.2, 0) is 0 Å². The van der Waals surface area contributed by atoms with Gasteiger partial charge in [-0.2, -0.15) is 0 Å². The Morgan fingerprint density at radius 2 is 2.20 bits per heavy atom. The molecular formula is C12H16N2O. The van der Waals surface area contributed by atoms with E-state index in [1.807, 2.05) is 13.0 Å². The van der Waals surface area contributed by atoms with Crippen LogP contribution < -0.4 is 4.90 Å². The van der Waals surface area contributed by atoms with Gasteiger partial charge in [0.25, 0.3) is 0 Å². The zero-order chi connectivity index (χ0) is 11.0. The van der Waals surface area contributed by atoms with Gasteiger partial charge in [-0.15, -0.1) is 0 Å². The molecule has 0 saturated heterocycles. The Balaban J connectivity index is 2.51. The van der Waals surface area contributed by atoms with Crippen molar-refractivity contribution in [1.82, 2.24) is 4.98 Å². The SMILES string of the molecule is Cc1cc2c(cn1)C(=O)CCN2C(C)C. The van der Waals surface area contributed by atoms with Crippen LogP contribution in [0.4, 0.5) is 5.69 Å². The molecule has 0 unspecified atom stereocenters. The van der Waals surface area contributed by atoms with Gasteiger partial charge in [0, 0.05) is 30.9 Å². The van der Waals surface area contributed by atoms with Crippen LogP contribution in [0.1, 0.15) is 36.3 Å². The first-order valence-electron chi connectivity index (χ1n) is 5.36. The molecule has 0 amide bonds. The highest BCUT2D eigenvalue weighted by Gasteiger charge is 2.24. The number of carbonyl (C=O) groups excluding carboxylic acids is 1. The van der Waals surface area contributed by atoms with Crippen LogP contribution in [0.25, 0.3) is 0 Å². The number of nitrogens with zero attached hydrogens (tertiary/aromatic N) is 2. The third-order valence-corrected chi connectivity index (χ3v) is 2.83. The first-order valence-corrected chi connectivity index (χ1v) is 5.36. The number of aryl methyl sites for hydroxylation is 1. The lowest BCUT2D eigenvalue weighted by Crippen LogP contribution is -2.37. The number of Topliss-reactive ketones (excluding diaryl/α,β-unsaturated/α-hetero) is 1. The zero-order valence-corrected chi connectivity index (χ0v) is 9.45. The van der Waals surface area contributed by atoms with Crippen LogP contribution in [0.2, 0.25) is 0 Å². The van der Waals surface area contributed by atoms with Crippen molar-refractivity contribution in [2.75, 3.05) is 11.4 Å². The fourth-order valence-corrected chi connectivity index (χ4v) is 2.01. The highest BCUT2D eigenvalue weighted by atomic mass is 16.1. The Labute approximate surface area is 90.1 Å². The Bertz CT molecular complexity index is 399. The average molecular weight is 204 g/mol. The predicted molar refractivity (Wildman–Crippen MR) is 60.4 cm³/mol. The molecule has 0 bridgehead atoms. The van der Waals surface area contributed by atoms with E-state index in [0.29, 0.717) is 12.5 Å². The molecule has 0 N–H and O–H groups in total. The molecule has 0 atom stereocenters. The van der Waals surface area contributed by atoms with Gasteiger partial charge in [-0.3, -0.25) is 9.78 Å². The van der Waals surface area contributed by atoms with Gasteiger partial charge in [-0.05, 0) is 26.8 Å². The maximum absolute atomic E-state index is 11.7. The normalized spacial score (nSPS) is 15.7. The first-order chi connectivity index (χ1) is 7.09. The van der Waals surface area contributed by atoms with E-state index in [2.05, 4.69) is 23.7 Å². The van der Waals surface area contributed by atoms with Crippen LogP contribution in [0.3, 0.4) is 0 Å². The van der Waals surface area contributed by atoms with Crippen molar-refractivity contribution in [3.05, 3.63) is 23.5 Å². The zero-order valence-electron chi connectivity index (χ0n) is 9.45. The first kappa shape index (κ1) is 10.1. The molecular weight excluding hydrogens is 188 g/mol. The van der Waals surface area contributed by atoms with Crippen LogP contribution in [0.5, 0.6) is 0 Å². The van der Waals surface area contributed by atoms with Crippen LogP contribution >= 0.6 is 0 Å². The molecule has 0 radical (unpaired) electrons. The lowest BCUT2D eigenvalue weighted by molar-refractivity contribution is 0.0979. The molecule has 0 fully saturated rings. The van der Waals surface area contributed by atoms with E-state index in [9.17, 15) is 4.79 Å². The topological polar surface area (TPSA) is 33.2 Å². The highest BCUT2D eigenvalue weighted by molar-refractivity contribution is 6.03. The van der Waals surface area contributed by atoms with E-state index in [-0.39, 0.29) is 5.78 Å². The molecule has 1 aromatic rings. The summed E-state index contributed by atoms with van der Waals surface area (Å²) in [5.74, 6) is 0.217. The third kappa shape index (κ3) is 1.74. The third-order valence-electron chi connectivity index (χ3n) is 2.83. The molecule has 1 aliphatic rings. The maximum atomic E-state index is 11.7. The fourth-order valence-electron chi connectivity index (χ4n) is 2.01. The van der Waals surface area contributed by atoms with E-state index >= 15 is 0 Å². The monoisotopic (exact) mass is 204 g/mol. The smallest absolute Gasteiger partial charge is 0.168 e. The van der Waals surface area contributed by atoms with Crippen LogP contribution in [0.15, 0.2) is 12.3 Å². The summed E-state index contributed by atoms with van der Waals surface area (Å²) in [4.78, 5) is 18.2. The van der Waals surface area contributed by atoms with E-state index in [0.717, 1.165) is 23.5 Å². The largest absolute Gasteiger partial charge is 0.368 e. The summed E-state index contributed by atoms with van der Waals surface area (Å²) in [6, 6.07) is 2.44. The Hall–Kier alpha value is -1.38. The lowest BCUT2D eigenvalue weighted by Gasteiger charge is -2.33. The van der Waals surface area contributed by atoms with Gasteiger partial charge < -0.3 is 4.90 Å². The van der Waals surface area contributed by atoms with Crippen molar-refractivity contribution >= 4 is 11.5 Å². The summed E-state index contributed by atoms with van der Waals surface area (Å²) in [5.41, 5.74) is 2.79. The molecule has 80 valence electrons. The quantitative estimate of drug-likeness (QED) is 0.703. The number of carbonyl (C=O) groups is 1. The molecule has 2 heterocycles. The second-order valence-corrected chi connectivity index (χ2v) is 4.30. The standard InChI is InChI=1S/C12H16N2O/c1-8(2)14-5-4-12(15)10-7-13-9(3)6-11(10)14/h6-8H,4-5H2,1-3H3. The maximum Gasteiger partial charge on any atom is 0.168 e. The summed E-state index contributed by atoms with van der Waals surface area (Å²) in [7, 11) is 0. The van der Waals surface area contributed by atoms with Gasteiger partial charge in [-0.1, -0.05) is 0 Å². The number of rotatable bonds is 1. The summed E-state index contributed by atoms with van der Waals surface area (Å²) in [5, 5.41) is 0. The molecule has 0 aromatic carbocycles. The molecule has 15 heavy (non-hydrogen) atoms. The van der Waals surface area contributed by atoms with Gasteiger partial charge >= 0.3 is 0 Å². The minimum absolute atomic E-state index is 0.217. The van der Waals surface area contributed by atoms with E-state index in [1.165, 1.54) is 0 Å². The van der Waals surface area contributed by atoms with Gasteiger partial charge in [0.1, 0.15) is 0 Å². The Kier molecular flexibility index (Phi) is 2.47. The lowest BCUT2D eigenvalue weighted by atomic mass is 10.0. The summed E-state index contributed by atoms with van der Waals surface area (Å²) in [6.45, 7) is 7.08. The van der Waals surface area contributed by atoms with Crippen molar-refractivity contribution in [3.63, 3.8) is 0 Å². The molecule has 1 aromatic heterocycles. The Morgan fingerprint density at radius 3 is 2.87 bits per heavy atom. The second-order valence-electron chi connectivity index (χ2n) is 4.30. The minimum Gasteiger partial charge on any atom is -0.368 e. The number of ketones is 1. The summed E-state index contributed by atoms with van der Waals surface area (Å²) >= 11 is 0. The van der Waals surface area contributed by atoms with Crippen LogP contribution in [0, 0.1) is 6.92 Å². The van der Waals surface area contributed by atoms with Gasteiger partial charge in [0.15, 0.2) is 5.78 Å². The molecule has 3 nitrogen and oxygen atoms in total. The van der Waals surface area contributed by atoms with Gasteiger partial charge in [-0.25, -0.2) is 0 Å². The number of hydrogen-bond donors (Lipinski definition) is 0. The number of hydrogen-bond acceptors (Lipinski definition) is 3. The molecule has 0 saturated carbocycles. The molecule has 0 spiro atoms. The summed E-state index contributed by atoms with van der Waals surface area (Å²) < 4.78 is 0. The van der Waals surface area contributed by atoms with Gasteiger partial charge in [0.2, 0.25) is 0 Å². The van der Waals surface area contributed by atoms with E-state index in [4.69, 9.17) is 0 Å². The number of pyridine rings is 1. The highest BCUT2D eigenvalue weighted by Crippen LogP contribution is 2.28. The van der Waals surface area contributed by atoms with Crippen molar-refractivity contribution in [2.24, 2.45) is 0 Å². The number of aromatic nitrogens is 1. The predicted octanol–water partition coefficient (Wildman–Crippen LogP) is 2.19. The summed E-state index contributed by atoms with van der Waals surface area (Å²) in [6.07, 6.45) is 2.32. The Morgan fingerprint density at radius 1 is 1.47 bits per heavy atom. The average Bonchev–Trinajstić information content (AvgIpc) is 2.17. The second kappa shape index (κ2) is 3.65. The van der Waals surface area contributed by atoms with Crippen molar-refractivity contribution in [3.8, 4) is 0 Å². The molecule has 1 aliphatic heterocycles. The molecule has 0 aliphatic carbocycles. The van der Waals surface area contributed by atoms with Crippen LogP contribution in [-0.4, -0.2) is 23.4 Å².